The molecule has 1 aromatic rings. The average Bonchev–Trinajstić information content (AvgIpc) is 2.95. The van der Waals surface area contributed by atoms with Gasteiger partial charge in [0, 0.05) is 18.7 Å². The van der Waals surface area contributed by atoms with E-state index in [9.17, 15) is 18.5 Å². The monoisotopic (exact) mass is 314 g/mol. The molecule has 0 bridgehead atoms. The van der Waals surface area contributed by atoms with Crippen LogP contribution in [-0.4, -0.2) is 30.2 Å². The number of nitro benzene ring substituents is 1. The number of anilines is 1. The number of hydrazine groups is 1. The normalized spacial score (nSPS) is 19.6. The first kappa shape index (κ1) is 15.7. The van der Waals surface area contributed by atoms with Gasteiger partial charge in [0.2, 0.25) is 10.0 Å². The standard InChI is InChI=1S/C12H18N4O4S/c1-2-9-4-3-7-15(9)21(19,20)10-5-6-11(14-13)12(8-10)16(17)18/h5-6,8-9,14H,2-4,7,13H2,1H3. The van der Waals surface area contributed by atoms with E-state index in [4.69, 9.17) is 5.84 Å². The molecule has 8 nitrogen and oxygen atoms in total. The Morgan fingerprint density at radius 3 is 2.81 bits per heavy atom. The fourth-order valence-electron chi connectivity index (χ4n) is 2.61. The van der Waals surface area contributed by atoms with Crippen LogP contribution in [0.1, 0.15) is 26.2 Å². The third-order valence-electron chi connectivity index (χ3n) is 3.72. The van der Waals surface area contributed by atoms with Crippen molar-refractivity contribution in [3.8, 4) is 0 Å². The van der Waals surface area contributed by atoms with Crippen molar-refractivity contribution in [2.24, 2.45) is 5.84 Å². The number of rotatable bonds is 5. The second-order valence-corrected chi connectivity index (χ2v) is 6.79. The number of nitrogens with zero attached hydrogens (tertiary/aromatic N) is 2. The van der Waals surface area contributed by atoms with E-state index in [0.29, 0.717) is 6.54 Å². The van der Waals surface area contributed by atoms with Gasteiger partial charge in [-0.05, 0) is 31.4 Å². The highest BCUT2D eigenvalue weighted by molar-refractivity contribution is 7.89. The maximum Gasteiger partial charge on any atom is 0.294 e. The summed E-state index contributed by atoms with van der Waals surface area (Å²) in [6.45, 7) is 2.38. The number of benzene rings is 1. The number of nitrogens with one attached hydrogen (secondary N) is 1. The first-order valence-electron chi connectivity index (χ1n) is 6.68. The predicted molar refractivity (Wildman–Crippen MR) is 78.1 cm³/mol. The molecular weight excluding hydrogens is 296 g/mol. The summed E-state index contributed by atoms with van der Waals surface area (Å²) in [6, 6.07) is 3.65. The van der Waals surface area contributed by atoms with E-state index in [0.717, 1.165) is 25.3 Å². The van der Waals surface area contributed by atoms with Gasteiger partial charge >= 0.3 is 0 Å². The van der Waals surface area contributed by atoms with Gasteiger partial charge in [-0.25, -0.2) is 8.42 Å². The van der Waals surface area contributed by atoms with E-state index in [1.54, 1.807) is 0 Å². The molecule has 1 aromatic carbocycles. The van der Waals surface area contributed by atoms with Crippen LogP contribution >= 0.6 is 0 Å². The summed E-state index contributed by atoms with van der Waals surface area (Å²) >= 11 is 0. The Kier molecular flexibility index (Phi) is 4.45. The van der Waals surface area contributed by atoms with Crippen LogP contribution in [0.3, 0.4) is 0 Å². The molecule has 0 aromatic heterocycles. The Morgan fingerprint density at radius 1 is 1.52 bits per heavy atom. The highest BCUT2D eigenvalue weighted by Gasteiger charge is 2.35. The van der Waals surface area contributed by atoms with Crippen molar-refractivity contribution in [1.29, 1.82) is 0 Å². The van der Waals surface area contributed by atoms with E-state index in [-0.39, 0.29) is 22.3 Å². The number of nitro groups is 1. The van der Waals surface area contributed by atoms with E-state index < -0.39 is 14.9 Å². The highest BCUT2D eigenvalue weighted by Crippen LogP contribution is 2.32. The van der Waals surface area contributed by atoms with Crippen molar-refractivity contribution in [1.82, 2.24) is 4.31 Å². The second kappa shape index (κ2) is 5.96. The summed E-state index contributed by atoms with van der Waals surface area (Å²) in [4.78, 5) is 10.3. The van der Waals surface area contributed by atoms with Gasteiger partial charge in [0.1, 0.15) is 5.69 Å². The average molecular weight is 314 g/mol. The maximum absolute atomic E-state index is 12.6. The molecule has 1 unspecified atom stereocenters. The molecule has 1 aliphatic heterocycles. The SMILES string of the molecule is CCC1CCCN1S(=O)(=O)c1ccc(NN)c([N+](=O)[O-])c1. The van der Waals surface area contributed by atoms with Crippen LogP contribution in [0, 0.1) is 10.1 Å². The second-order valence-electron chi connectivity index (χ2n) is 4.90. The number of nitrogens with two attached hydrogens (primary N) is 1. The third kappa shape index (κ3) is 2.85. The Hall–Kier alpha value is -1.71. The highest BCUT2D eigenvalue weighted by atomic mass is 32.2. The lowest BCUT2D eigenvalue weighted by atomic mass is 10.2. The van der Waals surface area contributed by atoms with Gasteiger partial charge in [0.05, 0.1) is 9.82 Å². The molecule has 116 valence electrons. The van der Waals surface area contributed by atoms with Crippen LogP contribution in [0.25, 0.3) is 0 Å². The lowest BCUT2D eigenvalue weighted by Crippen LogP contribution is -2.35. The zero-order valence-corrected chi connectivity index (χ0v) is 12.5. The van der Waals surface area contributed by atoms with E-state index >= 15 is 0 Å². The summed E-state index contributed by atoms with van der Waals surface area (Å²) in [5.74, 6) is 5.20. The molecule has 0 amide bonds. The number of nitrogen functional groups attached to an aromatic ring is 1. The summed E-state index contributed by atoms with van der Waals surface area (Å²) in [5.41, 5.74) is 1.92. The van der Waals surface area contributed by atoms with E-state index in [2.05, 4.69) is 5.43 Å². The van der Waals surface area contributed by atoms with E-state index in [1.165, 1.54) is 16.4 Å². The molecular formula is C12H18N4O4S. The molecule has 0 aliphatic carbocycles. The van der Waals surface area contributed by atoms with Gasteiger partial charge in [0.25, 0.3) is 5.69 Å². The topological polar surface area (TPSA) is 119 Å². The molecule has 1 heterocycles. The lowest BCUT2D eigenvalue weighted by Gasteiger charge is -2.23. The molecule has 0 saturated carbocycles. The Bertz CT molecular complexity index is 647. The van der Waals surface area contributed by atoms with Crippen molar-refractivity contribution in [2.45, 2.75) is 37.1 Å². The molecule has 0 spiro atoms. The molecule has 1 fully saturated rings. The number of hydrogen-bond acceptors (Lipinski definition) is 6. The minimum absolute atomic E-state index is 0.0404. The maximum atomic E-state index is 12.6. The molecule has 21 heavy (non-hydrogen) atoms. The smallest absolute Gasteiger partial charge is 0.294 e. The van der Waals surface area contributed by atoms with Gasteiger partial charge in [0.15, 0.2) is 0 Å². The van der Waals surface area contributed by atoms with Gasteiger partial charge in [-0.1, -0.05) is 6.92 Å². The molecule has 2 rings (SSSR count). The van der Waals surface area contributed by atoms with Crippen LogP contribution in [0.4, 0.5) is 11.4 Å². The van der Waals surface area contributed by atoms with Gasteiger partial charge in [-0.3, -0.25) is 16.0 Å². The number of hydrogen-bond donors (Lipinski definition) is 2. The van der Waals surface area contributed by atoms with Crippen LogP contribution in [0.15, 0.2) is 23.1 Å². The molecule has 3 N–H and O–H groups in total. The molecule has 1 saturated heterocycles. The lowest BCUT2D eigenvalue weighted by molar-refractivity contribution is -0.384. The minimum atomic E-state index is -3.72. The van der Waals surface area contributed by atoms with Gasteiger partial charge in [-0.2, -0.15) is 4.31 Å². The van der Waals surface area contributed by atoms with Gasteiger partial charge < -0.3 is 5.43 Å². The number of sulfonamides is 1. The first-order valence-corrected chi connectivity index (χ1v) is 8.12. The Labute approximate surface area is 123 Å². The van der Waals surface area contributed by atoms with E-state index in [1.807, 2.05) is 6.92 Å². The minimum Gasteiger partial charge on any atom is -0.318 e. The molecule has 0 radical (unpaired) electrons. The summed E-state index contributed by atoms with van der Waals surface area (Å²) in [6.07, 6.45) is 2.35. The van der Waals surface area contributed by atoms with Crippen LogP contribution in [-0.2, 0) is 10.0 Å². The zero-order valence-electron chi connectivity index (χ0n) is 11.7. The van der Waals surface area contributed by atoms with Crippen molar-refractivity contribution in [3.05, 3.63) is 28.3 Å². The van der Waals surface area contributed by atoms with Crippen molar-refractivity contribution in [3.63, 3.8) is 0 Å². The van der Waals surface area contributed by atoms with Crippen LogP contribution in [0.5, 0.6) is 0 Å². The Balaban J connectivity index is 2.45. The fraction of sp³-hybridized carbons (Fsp3) is 0.500. The van der Waals surface area contributed by atoms with Gasteiger partial charge in [-0.15, -0.1) is 0 Å². The molecule has 1 atom stereocenters. The first-order chi connectivity index (χ1) is 9.91. The largest absolute Gasteiger partial charge is 0.318 e. The molecule has 1 aliphatic rings. The summed E-state index contributed by atoms with van der Waals surface area (Å²) in [7, 11) is -3.72. The Morgan fingerprint density at radius 2 is 2.24 bits per heavy atom. The van der Waals surface area contributed by atoms with Crippen molar-refractivity contribution >= 4 is 21.4 Å². The summed E-state index contributed by atoms with van der Waals surface area (Å²) < 4.78 is 26.7. The zero-order chi connectivity index (χ0) is 15.6. The summed E-state index contributed by atoms with van der Waals surface area (Å²) in [5, 5.41) is 11.0. The van der Waals surface area contributed by atoms with Crippen molar-refractivity contribution in [2.75, 3.05) is 12.0 Å². The molecule has 9 heteroatoms. The predicted octanol–water partition coefficient (Wildman–Crippen LogP) is 1.44. The van der Waals surface area contributed by atoms with Crippen LogP contribution in [0.2, 0.25) is 0 Å². The fourth-order valence-corrected chi connectivity index (χ4v) is 4.40. The quantitative estimate of drug-likeness (QED) is 0.482. The van der Waals surface area contributed by atoms with Crippen molar-refractivity contribution < 1.29 is 13.3 Å². The third-order valence-corrected chi connectivity index (χ3v) is 5.67. The van der Waals surface area contributed by atoms with Crippen LogP contribution < -0.4 is 11.3 Å².